The molecule has 0 aromatic heterocycles. The summed E-state index contributed by atoms with van der Waals surface area (Å²) in [5, 5.41) is 9.30. The normalized spacial score (nSPS) is 10.6. The number of aliphatic hydroxyl groups is 1. The summed E-state index contributed by atoms with van der Waals surface area (Å²) in [5.41, 5.74) is 0.815. The standard InChI is InChI=1S/C18H30O3/c1-3-4-5-6-7-8-9-10-13-21-18-14-17(20-2)12-11-16(18)15-19/h11-12,14,19H,3-10,13,15H2,1-2H3. The van der Waals surface area contributed by atoms with E-state index in [-0.39, 0.29) is 6.61 Å². The van der Waals surface area contributed by atoms with Crippen molar-refractivity contribution >= 4 is 0 Å². The molecule has 0 atom stereocenters. The van der Waals surface area contributed by atoms with Crippen molar-refractivity contribution in [3.05, 3.63) is 23.8 Å². The summed E-state index contributed by atoms with van der Waals surface area (Å²) in [4.78, 5) is 0. The molecule has 0 aliphatic heterocycles. The molecule has 0 unspecified atom stereocenters. The molecule has 0 spiro atoms. The maximum Gasteiger partial charge on any atom is 0.128 e. The van der Waals surface area contributed by atoms with Crippen LogP contribution in [0.5, 0.6) is 11.5 Å². The van der Waals surface area contributed by atoms with E-state index in [0.717, 1.165) is 23.5 Å². The van der Waals surface area contributed by atoms with Crippen LogP contribution in [-0.4, -0.2) is 18.8 Å². The second kappa shape index (κ2) is 11.4. The fourth-order valence-electron chi connectivity index (χ4n) is 2.34. The van der Waals surface area contributed by atoms with Crippen molar-refractivity contribution in [3.8, 4) is 11.5 Å². The summed E-state index contributed by atoms with van der Waals surface area (Å²) in [6.07, 6.45) is 10.3. The van der Waals surface area contributed by atoms with Gasteiger partial charge in [-0.05, 0) is 18.6 Å². The number of benzene rings is 1. The van der Waals surface area contributed by atoms with E-state index >= 15 is 0 Å². The van der Waals surface area contributed by atoms with Crippen molar-refractivity contribution in [2.45, 2.75) is 64.9 Å². The lowest BCUT2D eigenvalue weighted by molar-refractivity contribution is 0.259. The highest BCUT2D eigenvalue weighted by Gasteiger charge is 2.04. The molecule has 0 amide bonds. The average molecular weight is 294 g/mol. The SMILES string of the molecule is CCCCCCCCCCOc1cc(OC)ccc1CO. The summed E-state index contributed by atoms with van der Waals surface area (Å²) >= 11 is 0. The maximum atomic E-state index is 9.30. The molecule has 0 aliphatic carbocycles. The Morgan fingerprint density at radius 2 is 1.62 bits per heavy atom. The van der Waals surface area contributed by atoms with Gasteiger partial charge in [-0.25, -0.2) is 0 Å². The molecule has 0 bridgehead atoms. The second-order valence-corrected chi connectivity index (χ2v) is 5.46. The highest BCUT2D eigenvalue weighted by molar-refractivity contribution is 5.40. The van der Waals surface area contributed by atoms with E-state index in [0.29, 0.717) is 6.61 Å². The van der Waals surface area contributed by atoms with Crippen LogP contribution in [0.15, 0.2) is 18.2 Å². The quantitative estimate of drug-likeness (QED) is 0.567. The zero-order valence-electron chi connectivity index (χ0n) is 13.6. The van der Waals surface area contributed by atoms with Crippen LogP contribution >= 0.6 is 0 Å². The van der Waals surface area contributed by atoms with Crippen molar-refractivity contribution in [3.63, 3.8) is 0 Å². The van der Waals surface area contributed by atoms with Gasteiger partial charge >= 0.3 is 0 Å². The van der Waals surface area contributed by atoms with E-state index < -0.39 is 0 Å². The number of hydrogen-bond donors (Lipinski definition) is 1. The summed E-state index contributed by atoms with van der Waals surface area (Å²) in [7, 11) is 1.64. The molecule has 3 nitrogen and oxygen atoms in total. The minimum Gasteiger partial charge on any atom is -0.497 e. The molecule has 21 heavy (non-hydrogen) atoms. The molecule has 120 valence electrons. The lowest BCUT2D eigenvalue weighted by atomic mass is 10.1. The van der Waals surface area contributed by atoms with Gasteiger partial charge in [-0.2, -0.15) is 0 Å². The number of unbranched alkanes of at least 4 members (excludes halogenated alkanes) is 7. The summed E-state index contributed by atoms with van der Waals surface area (Å²) in [6.45, 7) is 2.95. The molecular formula is C18H30O3. The zero-order valence-corrected chi connectivity index (χ0v) is 13.6. The fourth-order valence-corrected chi connectivity index (χ4v) is 2.34. The average Bonchev–Trinajstić information content (AvgIpc) is 2.53. The van der Waals surface area contributed by atoms with Gasteiger partial charge in [-0.3, -0.25) is 0 Å². The third kappa shape index (κ3) is 7.37. The Labute approximate surface area is 129 Å². The smallest absolute Gasteiger partial charge is 0.128 e. The zero-order chi connectivity index (χ0) is 15.3. The van der Waals surface area contributed by atoms with Gasteiger partial charge in [0, 0.05) is 11.6 Å². The van der Waals surface area contributed by atoms with Crippen LogP contribution in [0.25, 0.3) is 0 Å². The van der Waals surface area contributed by atoms with E-state index in [9.17, 15) is 5.11 Å². The molecule has 1 aromatic carbocycles. The van der Waals surface area contributed by atoms with Crippen LogP contribution < -0.4 is 9.47 Å². The first-order chi connectivity index (χ1) is 10.3. The van der Waals surface area contributed by atoms with Crippen molar-refractivity contribution in [2.24, 2.45) is 0 Å². The van der Waals surface area contributed by atoms with Gasteiger partial charge in [0.05, 0.1) is 20.3 Å². The van der Waals surface area contributed by atoms with Crippen LogP contribution in [0, 0.1) is 0 Å². The molecule has 1 N–H and O–H groups in total. The maximum absolute atomic E-state index is 9.30. The molecule has 0 heterocycles. The molecule has 0 fully saturated rings. The van der Waals surface area contributed by atoms with Gasteiger partial charge in [0.2, 0.25) is 0 Å². The lowest BCUT2D eigenvalue weighted by Gasteiger charge is -2.11. The Morgan fingerprint density at radius 3 is 2.24 bits per heavy atom. The van der Waals surface area contributed by atoms with E-state index in [1.807, 2.05) is 18.2 Å². The van der Waals surface area contributed by atoms with Crippen LogP contribution in [-0.2, 0) is 6.61 Å². The first-order valence-corrected chi connectivity index (χ1v) is 8.22. The summed E-state index contributed by atoms with van der Waals surface area (Å²) < 4.78 is 11.0. The number of aliphatic hydroxyl groups excluding tert-OH is 1. The van der Waals surface area contributed by atoms with Gasteiger partial charge < -0.3 is 14.6 Å². The Hall–Kier alpha value is -1.22. The van der Waals surface area contributed by atoms with Crippen LogP contribution in [0.4, 0.5) is 0 Å². The Balaban J connectivity index is 2.17. The molecule has 3 heteroatoms. The van der Waals surface area contributed by atoms with E-state index in [2.05, 4.69) is 6.92 Å². The Morgan fingerprint density at radius 1 is 0.952 bits per heavy atom. The predicted octanol–water partition coefficient (Wildman–Crippen LogP) is 4.71. The molecule has 0 saturated carbocycles. The Bertz CT molecular complexity index is 377. The third-order valence-electron chi connectivity index (χ3n) is 3.70. The van der Waals surface area contributed by atoms with Gasteiger partial charge in [0.25, 0.3) is 0 Å². The van der Waals surface area contributed by atoms with Gasteiger partial charge in [0.1, 0.15) is 11.5 Å². The first kappa shape index (κ1) is 17.8. The minimum atomic E-state index is -0.00322. The topological polar surface area (TPSA) is 38.7 Å². The predicted molar refractivity (Wildman–Crippen MR) is 87.0 cm³/mol. The molecular weight excluding hydrogens is 264 g/mol. The third-order valence-corrected chi connectivity index (χ3v) is 3.70. The first-order valence-electron chi connectivity index (χ1n) is 8.22. The monoisotopic (exact) mass is 294 g/mol. The lowest BCUT2D eigenvalue weighted by Crippen LogP contribution is -2.01. The van der Waals surface area contributed by atoms with Gasteiger partial charge in [-0.15, -0.1) is 0 Å². The molecule has 0 aliphatic rings. The van der Waals surface area contributed by atoms with Crippen molar-refractivity contribution in [1.29, 1.82) is 0 Å². The van der Waals surface area contributed by atoms with E-state index in [1.165, 1.54) is 44.9 Å². The van der Waals surface area contributed by atoms with Crippen LogP contribution in [0.2, 0.25) is 0 Å². The summed E-state index contributed by atoms with van der Waals surface area (Å²) in [6, 6.07) is 5.53. The molecule has 0 radical (unpaired) electrons. The van der Waals surface area contributed by atoms with Gasteiger partial charge in [0.15, 0.2) is 0 Å². The van der Waals surface area contributed by atoms with Gasteiger partial charge in [-0.1, -0.05) is 51.9 Å². The van der Waals surface area contributed by atoms with E-state index in [4.69, 9.17) is 9.47 Å². The number of methoxy groups -OCH3 is 1. The molecule has 1 rings (SSSR count). The van der Waals surface area contributed by atoms with Crippen molar-refractivity contribution in [1.82, 2.24) is 0 Å². The number of ether oxygens (including phenoxy) is 2. The fraction of sp³-hybridized carbons (Fsp3) is 0.667. The molecule has 0 saturated heterocycles. The second-order valence-electron chi connectivity index (χ2n) is 5.46. The van der Waals surface area contributed by atoms with E-state index in [1.54, 1.807) is 7.11 Å². The highest BCUT2D eigenvalue weighted by Crippen LogP contribution is 2.25. The highest BCUT2D eigenvalue weighted by atomic mass is 16.5. The van der Waals surface area contributed by atoms with Crippen molar-refractivity contribution in [2.75, 3.05) is 13.7 Å². The molecule has 1 aromatic rings. The number of rotatable bonds is 12. The summed E-state index contributed by atoms with van der Waals surface area (Å²) in [5.74, 6) is 1.50. The van der Waals surface area contributed by atoms with Crippen LogP contribution in [0.3, 0.4) is 0 Å². The van der Waals surface area contributed by atoms with Crippen LogP contribution in [0.1, 0.15) is 63.9 Å². The largest absolute Gasteiger partial charge is 0.497 e. The van der Waals surface area contributed by atoms with Crippen molar-refractivity contribution < 1.29 is 14.6 Å². The number of hydrogen-bond acceptors (Lipinski definition) is 3. The minimum absolute atomic E-state index is 0.00322. The Kier molecular flexibility index (Phi) is 9.71.